The zero-order chi connectivity index (χ0) is 53.3. The fourth-order valence-corrected chi connectivity index (χ4v) is 7.10. The first-order valence-corrected chi connectivity index (χ1v) is 27.2. The molecule has 0 aliphatic carbocycles. The first-order valence-electron chi connectivity index (χ1n) is 27.2. The first kappa shape index (κ1) is 65.9. The van der Waals surface area contributed by atoms with Gasteiger partial charge >= 0.3 is 23.9 Å². The normalized spacial score (nSPS) is 19.4. The van der Waals surface area contributed by atoms with Crippen molar-refractivity contribution in [2.45, 2.75) is 212 Å². The minimum absolute atomic E-state index is 0.0290. The van der Waals surface area contributed by atoms with Gasteiger partial charge in [0.05, 0.1) is 13.0 Å². The summed E-state index contributed by atoms with van der Waals surface area (Å²) in [5.74, 6) is -3.40. The van der Waals surface area contributed by atoms with Crippen LogP contribution < -0.4 is 0 Å². The molecule has 0 amide bonds. The van der Waals surface area contributed by atoms with Crippen molar-refractivity contribution in [3.05, 3.63) is 134 Å². The number of carboxylic acids is 1. The van der Waals surface area contributed by atoms with Crippen LogP contribution in [0, 0.1) is 0 Å². The van der Waals surface area contributed by atoms with Gasteiger partial charge in [0.1, 0.15) is 18.8 Å². The van der Waals surface area contributed by atoms with Crippen molar-refractivity contribution in [3.63, 3.8) is 0 Å². The quantitative estimate of drug-likeness (QED) is 0.0228. The van der Waals surface area contributed by atoms with E-state index in [1.807, 2.05) is 24.3 Å². The number of aliphatic carboxylic acids is 1. The SMILES string of the molecule is CC/C=C\C/C=C\C/C=C\C/C=C\C/C=C\CCCC(=O)OC1C(OCC(COC(=O)C/C=C\C/C=C\C/C=C\C/C=C\C/C=C\CC)OC(=O)CCCCCCC/C=C\CCCC)OC(C(=O)O)C(O)C1O. The summed E-state index contributed by atoms with van der Waals surface area (Å²) in [6, 6.07) is 0. The smallest absolute Gasteiger partial charge is 0.335 e. The molecular formula is C61H92O12. The number of carbonyl (C=O) groups excluding carboxylic acids is 3. The topological polar surface area (TPSA) is 175 Å². The number of ether oxygens (including phenoxy) is 5. The number of aliphatic hydroxyl groups is 2. The molecule has 0 saturated carbocycles. The number of rotatable bonds is 43. The van der Waals surface area contributed by atoms with Crippen molar-refractivity contribution in [1.82, 2.24) is 0 Å². The van der Waals surface area contributed by atoms with E-state index in [1.54, 1.807) is 6.08 Å². The van der Waals surface area contributed by atoms with Crippen LogP contribution in [0.1, 0.15) is 175 Å². The summed E-state index contributed by atoms with van der Waals surface area (Å²) < 4.78 is 28.1. The maximum absolute atomic E-state index is 13.1. The Morgan fingerprint density at radius 2 is 0.918 bits per heavy atom. The largest absolute Gasteiger partial charge is 0.479 e. The molecule has 1 aliphatic rings. The Morgan fingerprint density at radius 3 is 1.44 bits per heavy atom. The highest BCUT2D eigenvalue weighted by molar-refractivity contribution is 5.74. The fourth-order valence-electron chi connectivity index (χ4n) is 7.10. The minimum atomic E-state index is -1.94. The van der Waals surface area contributed by atoms with Gasteiger partial charge in [-0.3, -0.25) is 14.4 Å². The second kappa shape index (κ2) is 47.8. The predicted octanol–water partition coefficient (Wildman–Crippen LogP) is 13.4. The lowest BCUT2D eigenvalue weighted by Gasteiger charge is -2.40. The number of hydrogen-bond acceptors (Lipinski definition) is 11. The lowest BCUT2D eigenvalue weighted by Crippen LogP contribution is -2.61. The molecule has 0 spiro atoms. The highest BCUT2D eigenvalue weighted by atomic mass is 16.7. The highest BCUT2D eigenvalue weighted by Crippen LogP contribution is 2.26. The van der Waals surface area contributed by atoms with E-state index in [1.165, 1.54) is 12.8 Å². The molecule has 6 atom stereocenters. The molecule has 1 aliphatic heterocycles. The summed E-state index contributed by atoms with van der Waals surface area (Å²) in [7, 11) is 0. The van der Waals surface area contributed by atoms with Crippen LogP contribution in [0.25, 0.3) is 0 Å². The zero-order valence-electron chi connectivity index (χ0n) is 44.6. The molecular weight excluding hydrogens is 925 g/mol. The van der Waals surface area contributed by atoms with Crippen LogP contribution in [0.2, 0.25) is 0 Å². The third-order valence-electron chi connectivity index (χ3n) is 11.2. The average molecular weight is 1020 g/mol. The molecule has 1 heterocycles. The minimum Gasteiger partial charge on any atom is -0.479 e. The van der Waals surface area contributed by atoms with Crippen molar-refractivity contribution in [3.8, 4) is 0 Å². The Hall–Kier alpha value is -5.14. The molecule has 12 nitrogen and oxygen atoms in total. The van der Waals surface area contributed by atoms with E-state index >= 15 is 0 Å². The Bertz CT molecular complexity index is 1780. The number of carboxylic acid groups (broad SMARTS) is 1. The zero-order valence-corrected chi connectivity index (χ0v) is 44.6. The van der Waals surface area contributed by atoms with Crippen LogP contribution in [0.3, 0.4) is 0 Å². The monoisotopic (exact) mass is 1020 g/mol. The molecule has 0 aromatic rings. The second-order valence-corrected chi connectivity index (χ2v) is 17.8. The van der Waals surface area contributed by atoms with Crippen molar-refractivity contribution in [2.75, 3.05) is 13.2 Å². The number of allylic oxidation sites excluding steroid dienone is 21. The molecule has 0 aromatic carbocycles. The van der Waals surface area contributed by atoms with Gasteiger partial charge in [0.2, 0.25) is 0 Å². The molecule has 0 radical (unpaired) electrons. The third kappa shape index (κ3) is 38.2. The molecule has 0 aromatic heterocycles. The molecule has 1 rings (SSSR count). The van der Waals surface area contributed by atoms with Crippen LogP contribution in [0.4, 0.5) is 0 Å². The number of carbonyl (C=O) groups is 4. The van der Waals surface area contributed by atoms with Crippen molar-refractivity contribution in [2.24, 2.45) is 0 Å². The van der Waals surface area contributed by atoms with E-state index in [0.29, 0.717) is 25.7 Å². The van der Waals surface area contributed by atoms with Crippen LogP contribution in [0.15, 0.2) is 134 Å². The van der Waals surface area contributed by atoms with Gasteiger partial charge in [0.25, 0.3) is 0 Å². The average Bonchev–Trinajstić information content (AvgIpc) is 3.37. The summed E-state index contributed by atoms with van der Waals surface area (Å²) in [6.45, 7) is 5.56. The first-order chi connectivity index (χ1) is 35.6. The number of aliphatic hydroxyl groups excluding tert-OH is 2. The molecule has 408 valence electrons. The van der Waals surface area contributed by atoms with Crippen LogP contribution in [-0.4, -0.2) is 89.2 Å². The molecule has 6 unspecified atom stereocenters. The number of hydrogen-bond donors (Lipinski definition) is 3. The van der Waals surface area contributed by atoms with E-state index in [-0.39, 0.29) is 25.9 Å². The van der Waals surface area contributed by atoms with Crippen LogP contribution in [0.5, 0.6) is 0 Å². The van der Waals surface area contributed by atoms with Gasteiger partial charge in [-0.25, -0.2) is 4.79 Å². The Labute approximate surface area is 439 Å². The van der Waals surface area contributed by atoms with Crippen molar-refractivity contribution >= 4 is 23.9 Å². The van der Waals surface area contributed by atoms with Crippen molar-refractivity contribution in [1.29, 1.82) is 0 Å². The maximum atomic E-state index is 13.1. The van der Waals surface area contributed by atoms with E-state index in [4.69, 9.17) is 23.7 Å². The molecule has 1 saturated heterocycles. The van der Waals surface area contributed by atoms with E-state index < -0.39 is 67.3 Å². The summed E-state index contributed by atoms with van der Waals surface area (Å²) in [6.07, 6.45) is 54.7. The van der Waals surface area contributed by atoms with Crippen LogP contribution in [-0.2, 0) is 42.9 Å². The van der Waals surface area contributed by atoms with Gasteiger partial charge in [0.15, 0.2) is 24.6 Å². The highest BCUT2D eigenvalue weighted by Gasteiger charge is 2.50. The Morgan fingerprint density at radius 1 is 0.479 bits per heavy atom. The number of esters is 3. The summed E-state index contributed by atoms with van der Waals surface area (Å²) in [5.41, 5.74) is 0. The van der Waals surface area contributed by atoms with E-state index in [9.17, 15) is 34.5 Å². The van der Waals surface area contributed by atoms with Crippen LogP contribution >= 0.6 is 0 Å². The lowest BCUT2D eigenvalue weighted by molar-refractivity contribution is -0.301. The fraction of sp³-hybridized carbons (Fsp3) is 0.574. The number of unbranched alkanes of at least 4 members (excludes halogenated alkanes) is 8. The Kier molecular flexibility index (Phi) is 43.2. The summed E-state index contributed by atoms with van der Waals surface area (Å²) in [4.78, 5) is 50.8. The van der Waals surface area contributed by atoms with Gasteiger partial charge < -0.3 is 39.0 Å². The van der Waals surface area contributed by atoms with Gasteiger partial charge in [-0.2, -0.15) is 0 Å². The Balaban J connectivity index is 2.81. The lowest BCUT2D eigenvalue weighted by atomic mass is 9.98. The van der Waals surface area contributed by atoms with Gasteiger partial charge in [-0.1, -0.05) is 187 Å². The molecule has 3 N–H and O–H groups in total. The third-order valence-corrected chi connectivity index (χ3v) is 11.2. The van der Waals surface area contributed by atoms with E-state index in [2.05, 4.69) is 124 Å². The van der Waals surface area contributed by atoms with Gasteiger partial charge in [-0.15, -0.1) is 0 Å². The maximum Gasteiger partial charge on any atom is 0.335 e. The predicted molar refractivity (Wildman–Crippen MR) is 293 cm³/mol. The molecule has 73 heavy (non-hydrogen) atoms. The van der Waals surface area contributed by atoms with Crippen molar-refractivity contribution < 1.29 is 58.2 Å². The molecule has 0 bridgehead atoms. The summed E-state index contributed by atoms with van der Waals surface area (Å²) in [5, 5.41) is 31.4. The summed E-state index contributed by atoms with van der Waals surface area (Å²) >= 11 is 0. The van der Waals surface area contributed by atoms with Gasteiger partial charge in [0, 0.05) is 12.8 Å². The van der Waals surface area contributed by atoms with Gasteiger partial charge in [-0.05, 0) is 103 Å². The molecule has 1 fully saturated rings. The standard InChI is InChI=1S/C61H92O12/c1-4-7-10-13-16-19-22-24-26-27-29-31-34-37-40-43-46-49-55(64)72-59-57(66)56(65)58(60(67)68)73-61(59)70-51-52(71-54(63)48-45-42-39-36-32-21-18-15-12-9-6-3)50-69-53(62)47-44-41-38-35-33-30-28-25-23-20-17-14-11-8-5-2/h7-8,10-11,15-20,24-26,28-29,31,33,35,37,40-41,44,52,56-59,61,65-66H,4-6,9,12-14,21-23,27,30,32,34,36,38-39,42-43,45-51H2,1-3H3,(H,67,68)/b10-7-,11-8-,18-15-,19-16-,20-17-,26-24-,28-25-,31-29-,35-33-,40-37-,44-41-. The molecule has 12 heteroatoms. The van der Waals surface area contributed by atoms with E-state index in [0.717, 1.165) is 96.3 Å². The second-order valence-electron chi connectivity index (χ2n) is 17.8.